The van der Waals surface area contributed by atoms with Crippen molar-refractivity contribution < 1.29 is 8.42 Å². The van der Waals surface area contributed by atoms with Crippen molar-refractivity contribution >= 4 is 26.5 Å². The molecular weight excluding hydrogens is 336 g/mol. The zero-order chi connectivity index (χ0) is 18.2. The molecule has 0 bridgehead atoms. The number of nitrogens with one attached hydrogen (secondary N) is 1. The van der Waals surface area contributed by atoms with Crippen LogP contribution in [0.25, 0.3) is 21.9 Å². The standard InChI is InChI=1S/C19H20N2O3S/c1-4-25(23,24)20-18-11-14(10-9-13(18)2)17-12-21(3)19(22)16-8-6-5-7-15(16)17/h5-12,20H,4H2,1-3H3. The number of benzene rings is 2. The van der Waals surface area contributed by atoms with Crippen molar-refractivity contribution in [2.75, 3.05) is 10.5 Å². The Hall–Kier alpha value is -2.60. The molecule has 0 saturated heterocycles. The van der Waals surface area contributed by atoms with Crippen molar-refractivity contribution in [3.8, 4) is 11.1 Å². The Labute approximate surface area is 147 Å². The Balaban J connectivity index is 2.23. The molecular formula is C19H20N2O3S. The summed E-state index contributed by atoms with van der Waals surface area (Å²) in [4.78, 5) is 12.3. The smallest absolute Gasteiger partial charge is 0.258 e. The first-order chi connectivity index (χ1) is 11.8. The van der Waals surface area contributed by atoms with Crippen molar-refractivity contribution in [2.45, 2.75) is 13.8 Å². The Morgan fingerprint density at radius 3 is 2.44 bits per heavy atom. The Morgan fingerprint density at radius 1 is 1.08 bits per heavy atom. The van der Waals surface area contributed by atoms with Crippen LogP contribution in [0.1, 0.15) is 12.5 Å². The Kier molecular flexibility index (Phi) is 4.39. The molecule has 0 unspecified atom stereocenters. The third-order valence-corrected chi connectivity index (χ3v) is 5.58. The van der Waals surface area contributed by atoms with Crippen LogP contribution in [0.4, 0.5) is 5.69 Å². The first-order valence-corrected chi connectivity index (χ1v) is 9.67. The van der Waals surface area contributed by atoms with Gasteiger partial charge in [0.15, 0.2) is 0 Å². The van der Waals surface area contributed by atoms with Crippen LogP contribution in [0.2, 0.25) is 0 Å². The van der Waals surface area contributed by atoms with E-state index in [1.165, 1.54) is 0 Å². The van der Waals surface area contributed by atoms with E-state index in [0.29, 0.717) is 11.1 Å². The third-order valence-electron chi connectivity index (χ3n) is 4.28. The summed E-state index contributed by atoms with van der Waals surface area (Å²) in [6, 6.07) is 13.1. The van der Waals surface area contributed by atoms with Gasteiger partial charge in [-0.2, -0.15) is 0 Å². The number of hydrogen-bond acceptors (Lipinski definition) is 3. The molecule has 5 nitrogen and oxygen atoms in total. The molecule has 1 N–H and O–H groups in total. The topological polar surface area (TPSA) is 68.2 Å². The van der Waals surface area contributed by atoms with Gasteiger partial charge in [0.05, 0.1) is 11.4 Å². The fourth-order valence-corrected chi connectivity index (χ4v) is 3.48. The molecule has 0 fully saturated rings. The molecule has 3 aromatic rings. The van der Waals surface area contributed by atoms with Crippen molar-refractivity contribution in [3.63, 3.8) is 0 Å². The normalized spacial score (nSPS) is 11.6. The summed E-state index contributed by atoms with van der Waals surface area (Å²) in [5.74, 6) is 0.0133. The molecule has 1 heterocycles. The summed E-state index contributed by atoms with van der Waals surface area (Å²) < 4.78 is 28.0. The molecule has 0 radical (unpaired) electrons. The molecule has 0 aliphatic carbocycles. The van der Waals surface area contributed by atoms with Gasteiger partial charge in [0.25, 0.3) is 5.56 Å². The molecule has 6 heteroatoms. The van der Waals surface area contributed by atoms with Crippen molar-refractivity contribution in [3.05, 3.63) is 64.6 Å². The van der Waals surface area contributed by atoms with Crippen molar-refractivity contribution in [1.29, 1.82) is 0 Å². The van der Waals surface area contributed by atoms with E-state index in [-0.39, 0.29) is 11.3 Å². The molecule has 1 aromatic heterocycles. The lowest BCUT2D eigenvalue weighted by molar-refractivity contribution is 0.602. The van der Waals surface area contributed by atoms with Crippen LogP contribution in [0.15, 0.2) is 53.5 Å². The molecule has 130 valence electrons. The lowest BCUT2D eigenvalue weighted by Gasteiger charge is -2.14. The van der Waals surface area contributed by atoms with E-state index in [0.717, 1.165) is 22.1 Å². The highest BCUT2D eigenvalue weighted by atomic mass is 32.2. The van der Waals surface area contributed by atoms with Gasteiger partial charge in [-0.05, 0) is 42.5 Å². The number of rotatable bonds is 4. The van der Waals surface area contributed by atoms with E-state index in [1.54, 1.807) is 30.8 Å². The highest BCUT2D eigenvalue weighted by Crippen LogP contribution is 2.30. The highest BCUT2D eigenvalue weighted by molar-refractivity contribution is 7.92. The van der Waals surface area contributed by atoms with Gasteiger partial charge in [0.1, 0.15) is 0 Å². The number of hydrogen-bond donors (Lipinski definition) is 1. The molecule has 0 saturated carbocycles. The first kappa shape index (κ1) is 17.2. The number of sulfonamides is 1. The minimum atomic E-state index is -3.36. The van der Waals surface area contributed by atoms with Gasteiger partial charge < -0.3 is 4.57 Å². The minimum absolute atomic E-state index is 0.0133. The number of aryl methyl sites for hydroxylation is 2. The maximum atomic E-state index is 12.3. The van der Waals surface area contributed by atoms with Gasteiger partial charge in [-0.1, -0.05) is 30.3 Å². The highest BCUT2D eigenvalue weighted by Gasteiger charge is 2.13. The van der Waals surface area contributed by atoms with E-state index < -0.39 is 10.0 Å². The first-order valence-electron chi connectivity index (χ1n) is 8.02. The number of aromatic nitrogens is 1. The fourth-order valence-electron chi connectivity index (χ4n) is 2.79. The molecule has 0 atom stereocenters. The summed E-state index contributed by atoms with van der Waals surface area (Å²) in [7, 11) is -1.64. The number of pyridine rings is 1. The predicted octanol–water partition coefficient (Wildman–Crippen LogP) is 3.28. The van der Waals surface area contributed by atoms with E-state index in [9.17, 15) is 13.2 Å². The van der Waals surface area contributed by atoms with Crippen LogP contribution in [0.5, 0.6) is 0 Å². The lowest BCUT2D eigenvalue weighted by Crippen LogP contribution is -2.17. The average Bonchev–Trinajstić information content (AvgIpc) is 2.60. The summed E-state index contributed by atoms with van der Waals surface area (Å²) in [5.41, 5.74) is 3.08. The minimum Gasteiger partial charge on any atom is -0.317 e. The van der Waals surface area contributed by atoms with Crippen molar-refractivity contribution in [2.24, 2.45) is 7.05 Å². The molecule has 0 aliphatic heterocycles. The Bertz CT molecular complexity index is 1120. The summed E-state index contributed by atoms with van der Waals surface area (Å²) in [6.07, 6.45) is 1.79. The van der Waals surface area contributed by atoms with Gasteiger partial charge in [-0.15, -0.1) is 0 Å². The SMILES string of the molecule is CCS(=O)(=O)Nc1cc(-c2cn(C)c(=O)c3ccccc23)ccc1C. The molecule has 2 aromatic carbocycles. The van der Waals surface area contributed by atoms with E-state index in [1.807, 2.05) is 43.3 Å². The van der Waals surface area contributed by atoms with Crippen LogP contribution < -0.4 is 10.3 Å². The second kappa shape index (κ2) is 6.37. The van der Waals surface area contributed by atoms with Crippen LogP contribution in [-0.4, -0.2) is 18.7 Å². The van der Waals surface area contributed by atoms with E-state index >= 15 is 0 Å². The molecule has 0 aliphatic rings. The zero-order valence-corrected chi connectivity index (χ0v) is 15.2. The monoisotopic (exact) mass is 356 g/mol. The zero-order valence-electron chi connectivity index (χ0n) is 14.4. The van der Waals surface area contributed by atoms with Gasteiger partial charge in [-0.25, -0.2) is 8.42 Å². The fraction of sp³-hybridized carbons (Fsp3) is 0.211. The predicted molar refractivity (Wildman–Crippen MR) is 102 cm³/mol. The summed E-state index contributed by atoms with van der Waals surface area (Å²) in [6.45, 7) is 3.46. The van der Waals surface area contributed by atoms with E-state index in [4.69, 9.17) is 0 Å². The van der Waals surface area contributed by atoms with Gasteiger partial charge in [0, 0.05) is 24.2 Å². The van der Waals surface area contributed by atoms with Gasteiger partial charge in [-0.3, -0.25) is 9.52 Å². The van der Waals surface area contributed by atoms with Crippen LogP contribution in [-0.2, 0) is 17.1 Å². The van der Waals surface area contributed by atoms with Gasteiger partial charge >= 0.3 is 0 Å². The number of nitrogens with zero attached hydrogens (tertiary/aromatic N) is 1. The molecule has 0 spiro atoms. The average molecular weight is 356 g/mol. The second-order valence-electron chi connectivity index (χ2n) is 6.04. The largest absolute Gasteiger partial charge is 0.317 e. The summed E-state index contributed by atoms with van der Waals surface area (Å²) >= 11 is 0. The van der Waals surface area contributed by atoms with Crippen LogP contribution in [0.3, 0.4) is 0 Å². The maximum absolute atomic E-state index is 12.3. The van der Waals surface area contributed by atoms with E-state index in [2.05, 4.69) is 4.72 Å². The summed E-state index contributed by atoms with van der Waals surface area (Å²) in [5, 5.41) is 1.48. The number of fused-ring (bicyclic) bond motifs is 1. The van der Waals surface area contributed by atoms with Crippen LogP contribution >= 0.6 is 0 Å². The molecule has 3 rings (SSSR count). The maximum Gasteiger partial charge on any atom is 0.258 e. The van der Waals surface area contributed by atoms with Gasteiger partial charge in [0.2, 0.25) is 10.0 Å². The quantitative estimate of drug-likeness (QED) is 0.780. The Morgan fingerprint density at radius 2 is 1.76 bits per heavy atom. The number of anilines is 1. The second-order valence-corrected chi connectivity index (χ2v) is 8.05. The van der Waals surface area contributed by atoms with Crippen molar-refractivity contribution in [1.82, 2.24) is 4.57 Å². The molecule has 25 heavy (non-hydrogen) atoms. The molecule has 0 amide bonds. The lowest BCUT2D eigenvalue weighted by atomic mass is 9.99. The van der Waals surface area contributed by atoms with Crippen LogP contribution in [0, 0.1) is 6.92 Å². The third kappa shape index (κ3) is 3.30.